The highest BCUT2D eigenvalue weighted by molar-refractivity contribution is 9.10. The van der Waals surface area contributed by atoms with Crippen LogP contribution < -0.4 is 0 Å². The topological polar surface area (TPSA) is 20.2 Å². The summed E-state index contributed by atoms with van der Waals surface area (Å²) < 4.78 is 14.2. The van der Waals surface area contributed by atoms with Crippen LogP contribution in [0.1, 0.15) is 28.4 Å². The molecule has 1 N–H and O–H groups in total. The van der Waals surface area contributed by atoms with Crippen LogP contribution in [0.15, 0.2) is 40.9 Å². The minimum absolute atomic E-state index is 0.267. The Morgan fingerprint density at radius 2 is 1.89 bits per heavy atom. The molecule has 0 radical (unpaired) electrons. The zero-order valence-electron chi connectivity index (χ0n) is 11.0. The molecule has 1 atom stereocenters. The predicted molar refractivity (Wildman–Crippen MR) is 78.7 cm³/mol. The Bertz CT molecular complexity index is 595. The van der Waals surface area contributed by atoms with E-state index in [1.165, 1.54) is 12.1 Å². The van der Waals surface area contributed by atoms with Crippen LogP contribution in [0.25, 0.3) is 0 Å². The van der Waals surface area contributed by atoms with Crippen LogP contribution in [-0.2, 0) is 6.42 Å². The maximum atomic E-state index is 13.3. The summed E-state index contributed by atoms with van der Waals surface area (Å²) in [7, 11) is 0. The molecule has 0 aliphatic carbocycles. The third-order valence-electron chi connectivity index (χ3n) is 3.31. The van der Waals surface area contributed by atoms with Gasteiger partial charge in [0.15, 0.2) is 0 Å². The number of aliphatic hydroxyl groups excluding tert-OH is 1. The maximum absolute atomic E-state index is 13.3. The van der Waals surface area contributed by atoms with Crippen LogP contribution in [0.4, 0.5) is 4.39 Å². The summed E-state index contributed by atoms with van der Waals surface area (Å²) in [6, 6.07) is 10.4. The van der Waals surface area contributed by atoms with Crippen molar-refractivity contribution in [2.45, 2.75) is 26.4 Å². The van der Waals surface area contributed by atoms with Gasteiger partial charge in [-0.3, -0.25) is 0 Å². The Balaban J connectivity index is 2.28. The molecule has 0 bridgehead atoms. The van der Waals surface area contributed by atoms with Gasteiger partial charge < -0.3 is 5.11 Å². The molecule has 0 fully saturated rings. The second-order valence-electron chi connectivity index (χ2n) is 4.77. The van der Waals surface area contributed by atoms with Crippen LogP contribution >= 0.6 is 15.9 Å². The SMILES string of the molecule is Cc1ccc(F)cc1CC(O)c1cccc(C)c1Br. The van der Waals surface area contributed by atoms with Gasteiger partial charge in [0.1, 0.15) is 5.82 Å². The Labute approximate surface area is 121 Å². The molecule has 100 valence electrons. The van der Waals surface area contributed by atoms with Gasteiger partial charge in [-0.25, -0.2) is 4.39 Å². The highest BCUT2D eigenvalue weighted by Gasteiger charge is 2.14. The highest BCUT2D eigenvalue weighted by Crippen LogP contribution is 2.29. The average Bonchev–Trinajstić information content (AvgIpc) is 2.37. The first-order valence-corrected chi connectivity index (χ1v) is 6.96. The molecule has 0 aromatic heterocycles. The van der Waals surface area contributed by atoms with Crippen molar-refractivity contribution in [3.63, 3.8) is 0 Å². The lowest BCUT2D eigenvalue weighted by Gasteiger charge is -2.15. The van der Waals surface area contributed by atoms with Crippen molar-refractivity contribution in [1.82, 2.24) is 0 Å². The van der Waals surface area contributed by atoms with Gasteiger partial charge in [0.2, 0.25) is 0 Å². The van der Waals surface area contributed by atoms with Gasteiger partial charge in [-0.2, -0.15) is 0 Å². The average molecular weight is 323 g/mol. The lowest BCUT2D eigenvalue weighted by molar-refractivity contribution is 0.177. The maximum Gasteiger partial charge on any atom is 0.123 e. The van der Waals surface area contributed by atoms with E-state index in [2.05, 4.69) is 15.9 Å². The minimum atomic E-state index is -0.644. The molecule has 0 saturated carbocycles. The first-order valence-electron chi connectivity index (χ1n) is 6.17. The fourth-order valence-electron chi connectivity index (χ4n) is 2.11. The highest BCUT2D eigenvalue weighted by atomic mass is 79.9. The van der Waals surface area contributed by atoms with E-state index in [1.54, 1.807) is 6.07 Å². The van der Waals surface area contributed by atoms with E-state index in [-0.39, 0.29) is 5.82 Å². The number of hydrogen-bond donors (Lipinski definition) is 1. The molecule has 2 rings (SSSR count). The monoisotopic (exact) mass is 322 g/mol. The van der Waals surface area contributed by atoms with Crippen molar-refractivity contribution < 1.29 is 9.50 Å². The van der Waals surface area contributed by atoms with Crippen LogP contribution in [-0.4, -0.2) is 5.11 Å². The number of aliphatic hydroxyl groups is 1. The molecule has 2 aromatic carbocycles. The number of rotatable bonds is 3. The fourth-order valence-corrected chi connectivity index (χ4v) is 2.63. The molecule has 0 spiro atoms. The van der Waals surface area contributed by atoms with Crippen molar-refractivity contribution in [2.24, 2.45) is 0 Å². The van der Waals surface area contributed by atoms with Crippen molar-refractivity contribution in [1.29, 1.82) is 0 Å². The van der Waals surface area contributed by atoms with Crippen LogP contribution in [0.5, 0.6) is 0 Å². The number of hydrogen-bond acceptors (Lipinski definition) is 1. The van der Waals surface area contributed by atoms with Gasteiger partial charge in [-0.05, 0) is 48.2 Å². The molecule has 19 heavy (non-hydrogen) atoms. The molecule has 0 aliphatic rings. The molecule has 3 heteroatoms. The molecule has 0 heterocycles. The first kappa shape index (κ1) is 14.2. The third kappa shape index (κ3) is 3.23. The van der Waals surface area contributed by atoms with E-state index in [1.807, 2.05) is 32.0 Å². The van der Waals surface area contributed by atoms with Crippen molar-refractivity contribution in [3.05, 3.63) is 68.9 Å². The Hall–Kier alpha value is -1.19. The molecule has 0 saturated heterocycles. The first-order chi connectivity index (χ1) is 8.99. The van der Waals surface area contributed by atoms with Crippen LogP contribution in [0.3, 0.4) is 0 Å². The summed E-state index contributed by atoms with van der Waals surface area (Å²) in [5.74, 6) is -0.267. The molecule has 1 unspecified atom stereocenters. The molecule has 2 aromatic rings. The van der Waals surface area contributed by atoms with Gasteiger partial charge in [0.05, 0.1) is 6.10 Å². The minimum Gasteiger partial charge on any atom is -0.388 e. The number of aryl methyl sites for hydroxylation is 2. The van der Waals surface area contributed by atoms with E-state index in [9.17, 15) is 9.50 Å². The Kier molecular flexibility index (Phi) is 4.38. The standard InChI is InChI=1S/C16H16BrFO/c1-10-6-7-13(18)8-12(10)9-15(19)14-5-3-4-11(2)16(14)17/h3-8,15,19H,9H2,1-2H3. The molecular formula is C16H16BrFO. The largest absolute Gasteiger partial charge is 0.388 e. The summed E-state index contributed by atoms with van der Waals surface area (Å²) in [6.45, 7) is 3.90. The summed E-state index contributed by atoms with van der Waals surface area (Å²) in [4.78, 5) is 0. The van der Waals surface area contributed by atoms with E-state index in [0.29, 0.717) is 6.42 Å². The number of benzene rings is 2. The van der Waals surface area contributed by atoms with Crippen molar-refractivity contribution in [2.75, 3.05) is 0 Å². The zero-order valence-corrected chi connectivity index (χ0v) is 12.5. The third-order valence-corrected chi connectivity index (χ3v) is 4.39. The molecule has 0 aliphatic heterocycles. The van der Waals surface area contributed by atoms with Crippen molar-refractivity contribution >= 4 is 15.9 Å². The summed E-state index contributed by atoms with van der Waals surface area (Å²) >= 11 is 3.49. The zero-order chi connectivity index (χ0) is 14.0. The predicted octanol–water partition coefficient (Wildman–Crippen LogP) is 4.48. The molecular weight excluding hydrogens is 307 g/mol. The van der Waals surface area contributed by atoms with E-state index in [0.717, 1.165) is 26.7 Å². The smallest absolute Gasteiger partial charge is 0.123 e. The Morgan fingerprint density at radius 3 is 2.63 bits per heavy atom. The normalized spacial score (nSPS) is 12.5. The second kappa shape index (κ2) is 5.85. The molecule has 0 amide bonds. The summed E-state index contributed by atoms with van der Waals surface area (Å²) in [6.07, 6.45) is -0.235. The van der Waals surface area contributed by atoms with Crippen LogP contribution in [0, 0.1) is 19.7 Å². The van der Waals surface area contributed by atoms with E-state index >= 15 is 0 Å². The fraction of sp³-hybridized carbons (Fsp3) is 0.250. The second-order valence-corrected chi connectivity index (χ2v) is 5.56. The van der Waals surface area contributed by atoms with Gasteiger partial charge in [0.25, 0.3) is 0 Å². The van der Waals surface area contributed by atoms with Gasteiger partial charge in [-0.15, -0.1) is 0 Å². The van der Waals surface area contributed by atoms with Gasteiger partial charge in [0, 0.05) is 10.9 Å². The quantitative estimate of drug-likeness (QED) is 0.883. The van der Waals surface area contributed by atoms with Gasteiger partial charge >= 0.3 is 0 Å². The molecule has 1 nitrogen and oxygen atoms in total. The Morgan fingerprint density at radius 1 is 1.16 bits per heavy atom. The lowest BCUT2D eigenvalue weighted by Crippen LogP contribution is -2.05. The summed E-state index contributed by atoms with van der Waals surface area (Å²) in [5, 5.41) is 10.3. The van der Waals surface area contributed by atoms with E-state index in [4.69, 9.17) is 0 Å². The van der Waals surface area contributed by atoms with Crippen LogP contribution in [0.2, 0.25) is 0 Å². The summed E-state index contributed by atoms with van der Waals surface area (Å²) in [5.41, 5.74) is 3.74. The van der Waals surface area contributed by atoms with E-state index < -0.39 is 6.10 Å². The number of halogens is 2. The lowest BCUT2D eigenvalue weighted by atomic mass is 9.97. The van der Waals surface area contributed by atoms with Crippen molar-refractivity contribution in [3.8, 4) is 0 Å². The van der Waals surface area contributed by atoms with Gasteiger partial charge in [-0.1, -0.05) is 40.2 Å².